The van der Waals surface area contributed by atoms with Crippen LogP contribution in [0.4, 0.5) is 0 Å². The molecule has 1 N–H and O–H groups in total. The molecule has 2 aromatic rings. The van der Waals surface area contributed by atoms with E-state index < -0.39 is 0 Å². The molecule has 0 aromatic carbocycles. The van der Waals surface area contributed by atoms with Gasteiger partial charge in [-0.15, -0.1) is 0 Å². The highest BCUT2D eigenvalue weighted by Gasteiger charge is 2.17. The van der Waals surface area contributed by atoms with Crippen LogP contribution in [0.5, 0.6) is 0 Å². The molecule has 92 valence electrons. The molecule has 0 fully saturated rings. The van der Waals surface area contributed by atoms with Crippen molar-refractivity contribution < 1.29 is 4.42 Å². The second kappa shape index (κ2) is 4.53. The molecule has 1 unspecified atom stereocenters. The topological polar surface area (TPSA) is 33.9 Å². The number of aryl methyl sites for hydroxylation is 3. The van der Waals surface area contributed by atoms with Crippen molar-refractivity contribution in [2.75, 3.05) is 0 Å². The van der Waals surface area contributed by atoms with E-state index in [1.54, 1.807) is 0 Å². The van der Waals surface area contributed by atoms with Crippen molar-refractivity contribution in [1.29, 1.82) is 0 Å². The Morgan fingerprint density at radius 2 is 2.18 bits per heavy atom. The number of nitrogens with one attached hydrogen (secondary N) is 1. The quantitative estimate of drug-likeness (QED) is 0.837. The van der Waals surface area contributed by atoms with Gasteiger partial charge in [0.1, 0.15) is 11.5 Å². The minimum Gasteiger partial charge on any atom is -0.466 e. The zero-order chi connectivity index (χ0) is 12.6. The number of hydrogen-bond acceptors (Lipinski definition) is 2. The normalized spacial score (nSPS) is 12.9. The van der Waals surface area contributed by atoms with Crippen LogP contribution >= 0.6 is 12.2 Å². The highest BCUT2D eigenvalue weighted by molar-refractivity contribution is 7.71. The monoisotopic (exact) mass is 250 g/mol. The summed E-state index contributed by atoms with van der Waals surface area (Å²) in [6.45, 7) is 8.26. The minimum absolute atomic E-state index is 0.209. The van der Waals surface area contributed by atoms with Crippen LogP contribution in [0.25, 0.3) is 0 Å². The van der Waals surface area contributed by atoms with Crippen LogP contribution in [0.1, 0.15) is 42.7 Å². The third-order valence-corrected chi connectivity index (χ3v) is 3.48. The highest BCUT2D eigenvalue weighted by Crippen LogP contribution is 2.26. The smallest absolute Gasteiger partial charge is 0.177 e. The second-order valence-corrected chi connectivity index (χ2v) is 4.74. The van der Waals surface area contributed by atoms with Gasteiger partial charge in [-0.1, -0.05) is 6.92 Å². The second-order valence-electron chi connectivity index (χ2n) is 4.35. The van der Waals surface area contributed by atoms with E-state index in [0.717, 1.165) is 22.7 Å². The Kier molecular flexibility index (Phi) is 3.24. The van der Waals surface area contributed by atoms with Gasteiger partial charge < -0.3 is 14.0 Å². The maximum atomic E-state index is 5.59. The van der Waals surface area contributed by atoms with Crippen LogP contribution in [-0.2, 0) is 6.42 Å². The van der Waals surface area contributed by atoms with Crippen LogP contribution in [-0.4, -0.2) is 9.55 Å². The van der Waals surface area contributed by atoms with Gasteiger partial charge in [0.05, 0.1) is 6.04 Å². The predicted octanol–water partition coefficient (Wildman–Crippen LogP) is 3.93. The lowest BCUT2D eigenvalue weighted by Crippen LogP contribution is -2.10. The van der Waals surface area contributed by atoms with E-state index in [-0.39, 0.29) is 6.04 Å². The van der Waals surface area contributed by atoms with Gasteiger partial charge in [0, 0.05) is 17.5 Å². The summed E-state index contributed by atoms with van der Waals surface area (Å²) in [5.41, 5.74) is 2.42. The molecule has 4 heteroatoms. The number of aromatic nitrogens is 2. The molecular weight excluding hydrogens is 232 g/mol. The first-order valence-corrected chi connectivity index (χ1v) is 6.31. The summed E-state index contributed by atoms with van der Waals surface area (Å²) >= 11 is 5.34. The molecule has 0 saturated carbocycles. The van der Waals surface area contributed by atoms with Crippen molar-refractivity contribution in [3.8, 4) is 0 Å². The summed E-state index contributed by atoms with van der Waals surface area (Å²) in [5, 5.41) is 0. The lowest BCUT2D eigenvalue weighted by Gasteiger charge is -2.15. The molecule has 2 rings (SSSR count). The molecule has 2 aromatic heterocycles. The molecule has 0 amide bonds. The Labute approximate surface area is 106 Å². The predicted molar refractivity (Wildman–Crippen MR) is 71.0 cm³/mol. The van der Waals surface area contributed by atoms with E-state index in [1.807, 2.05) is 20.0 Å². The minimum atomic E-state index is 0.209. The number of imidazole rings is 1. The molecule has 0 bridgehead atoms. The zero-order valence-corrected chi connectivity index (χ0v) is 11.5. The fourth-order valence-corrected chi connectivity index (χ4v) is 2.65. The van der Waals surface area contributed by atoms with E-state index in [1.165, 1.54) is 11.3 Å². The van der Waals surface area contributed by atoms with Crippen molar-refractivity contribution >= 4 is 12.2 Å². The SMILES string of the molecule is CCc1c[nH]c(=S)n1C(C)c1cc(C)oc1C. The Hall–Kier alpha value is -1.29. The van der Waals surface area contributed by atoms with Crippen molar-refractivity contribution in [2.24, 2.45) is 0 Å². The Bertz CT molecular complexity index is 576. The van der Waals surface area contributed by atoms with Crippen molar-refractivity contribution in [3.63, 3.8) is 0 Å². The van der Waals surface area contributed by atoms with E-state index in [0.29, 0.717) is 0 Å². The van der Waals surface area contributed by atoms with Gasteiger partial charge in [-0.05, 0) is 45.5 Å². The van der Waals surface area contributed by atoms with Gasteiger partial charge in [0.25, 0.3) is 0 Å². The number of hydrogen-bond donors (Lipinski definition) is 1. The lowest BCUT2D eigenvalue weighted by atomic mass is 10.1. The summed E-state index contributed by atoms with van der Waals surface area (Å²) in [6, 6.07) is 2.30. The molecule has 0 aliphatic rings. The summed E-state index contributed by atoms with van der Waals surface area (Å²) in [6.07, 6.45) is 2.95. The van der Waals surface area contributed by atoms with Gasteiger partial charge in [-0.3, -0.25) is 0 Å². The first-order chi connectivity index (χ1) is 8.04. The third kappa shape index (κ3) is 2.09. The van der Waals surface area contributed by atoms with Crippen LogP contribution in [0.2, 0.25) is 0 Å². The summed E-state index contributed by atoms with van der Waals surface area (Å²) in [7, 11) is 0. The highest BCUT2D eigenvalue weighted by atomic mass is 32.1. The number of nitrogens with zero attached hydrogens (tertiary/aromatic N) is 1. The number of H-pyrrole nitrogens is 1. The molecule has 2 heterocycles. The van der Waals surface area contributed by atoms with E-state index in [4.69, 9.17) is 16.6 Å². The average Bonchev–Trinajstić information content (AvgIpc) is 2.80. The Balaban J connectivity index is 2.50. The maximum absolute atomic E-state index is 5.59. The van der Waals surface area contributed by atoms with Gasteiger partial charge in [-0.2, -0.15) is 0 Å². The largest absolute Gasteiger partial charge is 0.466 e. The molecular formula is C13H18N2OS. The zero-order valence-electron chi connectivity index (χ0n) is 10.7. The van der Waals surface area contributed by atoms with Crippen LogP contribution in [0.15, 0.2) is 16.7 Å². The summed E-state index contributed by atoms with van der Waals surface area (Å²) in [4.78, 5) is 3.11. The van der Waals surface area contributed by atoms with Crippen LogP contribution < -0.4 is 0 Å². The van der Waals surface area contributed by atoms with Crippen molar-refractivity contribution in [3.05, 3.63) is 39.8 Å². The molecule has 3 nitrogen and oxygen atoms in total. The standard InChI is InChI=1S/C13H18N2OS/c1-5-11-7-14-13(17)15(11)9(3)12-6-8(2)16-10(12)4/h6-7,9H,5H2,1-4H3,(H,14,17). The Morgan fingerprint density at radius 1 is 1.47 bits per heavy atom. The van der Waals surface area contributed by atoms with E-state index in [2.05, 4.69) is 29.5 Å². The van der Waals surface area contributed by atoms with Crippen molar-refractivity contribution in [2.45, 2.75) is 40.2 Å². The van der Waals surface area contributed by atoms with Gasteiger partial charge >= 0.3 is 0 Å². The summed E-state index contributed by atoms with van der Waals surface area (Å²) in [5.74, 6) is 1.92. The number of rotatable bonds is 3. The van der Waals surface area contributed by atoms with Gasteiger partial charge in [-0.25, -0.2) is 0 Å². The Morgan fingerprint density at radius 3 is 2.71 bits per heavy atom. The van der Waals surface area contributed by atoms with E-state index >= 15 is 0 Å². The molecule has 0 radical (unpaired) electrons. The molecule has 0 aliphatic carbocycles. The molecule has 0 saturated heterocycles. The maximum Gasteiger partial charge on any atom is 0.177 e. The molecule has 17 heavy (non-hydrogen) atoms. The van der Waals surface area contributed by atoms with Crippen molar-refractivity contribution in [1.82, 2.24) is 9.55 Å². The number of furan rings is 1. The first kappa shape index (κ1) is 12.2. The molecule has 1 atom stereocenters. The van der Waals surface area contributed by atoms with Gasteiger partial charge in [0.15, 0.2) is 4.77 Å². The van der Waals surface area contributed by atoms with Crippen LogP contribution in [0, 0.1) is 18.6 Å². The molecule has 0 aliphatic heterocycles. The van der Waals surface area contributed by atoms with Gasteiger partial charge in [0.2, 0.25) is 0 Å². The number of aromatic amines is 1. The third-order valence-electron chi connectivity index (χ3n) is 3.17. The fourth-order valence-electron chi connectivity index (χ4n) is 2.32. The lowest BCUT2D eigenvalue weighted by molar-refractivity contribution is 0.492. The average molecular weight is 250 g/mol. The van der Waals surface area contributed by atoms with E-state index in [9.17, 15) is 0 Å². The fraction of sp³-hybridized carbons (Fsp3) is 0.462. The first-order valence-electron chi connectivity index (χ1n) is 5.90. The molecule has 0 spiro atoms. The van der Waals surface area contributed by atoms with Crippen LogP contribution in [0.3, 0.4) is 0 Å². The summed E-state index contributed by atoms with van der Waals surface area (Å²) < 4.78 is 8.52.